The Labute approximate surface area is 106 Å². The molecule has 3 N–H and O–H groups in total. The number of ether oxygens (including phenoxy) is 1. The van der Waals surface area contributed by atoms with Crippen LogP contribution >= 0.6 is 0 Å². The molecule has 0 saturated heterocycles. The van der Waals surface area contributed by atoms with Crippen LogP contribution in [-0.4, -0.2) is 25.0 Å². The maximum Gasteiger partial charge on any atom is 0.337 e. The van der Waals surface area contributed by atoms with Crippen molar-refractivity contribution in [1.82, 2.24) is 0 Å². The number of carbonyl (C=O) groups is 2. The fraction of sp³-hybridized carbons (Fsp3) is 0.385. The van der Waals surface area contributed by atoms with E-state index in [4.69, 9.17) is 5.73 Å². The predicted molar refractivity (Wildman–Crippen MR) is 69.3 cm³/mol. The minimum absolute atomic E-state index is 0.220. The lowest BCUT2D eigenvalue weighted by Gasteiger charge is -2.11. The largest absolute Gasteiger partial charge is 0.465 e. The van der Waals surface area contributed by atoms with Crippen molar-refractivity contribution in [1.29, 1.82) is 0 Å². The van der Waals surface area contributed by atoms with Crippen LogP contribution in [0.3, 0.4) is 0 Å². The van der Waals surface area contributed by atoms with Crippen LogP contribution in [-0.2, 0) is 9.53 Å². The molecule has 1 aromatic rings. The molecule has 18 heavy (non-hydrogen) atoms. The molecule has 1 aromatic carbocycles. The molecule has 5 heteroatoms. The van der Waals surface area contributed by atoms with Crippen molar-refractivity contribution in [2.24, 2.45) is 5.73 Å². The van der Waals surface area contributed by atoms with E-state index in [9.17, 15) is 9.59 Å². The first-order valence-corrected chi connectivity index (χ1v) is 5.83. The van der Waals surface area contributed by atoms with Gasteiger partial charge in [-0.2, -0.15) is 0 Å². The normalized spacial score (nSPS) is 11.7. The number of esters is 1. The topological polar surface area (TPSA) is 81.4 Å². The second-order valence-corrected chi connectivity index (χ2v) is 3.95. The van der Waals surface area contributed by atoms with E-state index in [2.05, 4.69) is 10.1 Å². The summed E-state index contributed by atoms with van der Waals surface area (Å²) in [5.74, 6) is -0.627. The van der Waals surface area contributed by atoms with Crippen LogP contribution in [0.1, 0.15) is 30.1 Å². The third-order valence-corrected chi connectivity index (χ3v) is 2.51. The zero-order chi connectivity index (χ0) is 13.5. The summed E-state index contributed by atoms with van der Waals surface area (Å²) >= 11 is 0. The number of nitrogens with two attached hydrogens (primary N) is 1. The van der Waals surface area contributed by atoms with Gasteiger partial charge in [0.1, 0.15) is 0 Å². The fourth-order valence-corrected chi connectivity index (χ4v) is 1.48. The molecule has 0 fully saturated rings. The summed E-state index contributed by atoms with van der Waals surface area (Å²) in [4.78, 5) is 22.9. The Morgan fingerprint density at radius 1 is 1.33 bits per heavy atom. The van der Waals surface area contributed by atoms with E-state index in [1.807, 2.05) is 6.92 Å². The molecule has 1 atom stereocenters. The minimum atomic E-state index is -0.504. The molecule has 0 saturated carbocycles. The van der Waals surface area contributed by atoms with Gasteiger partial charge in [-0.3, -0.25) is 4.79 Å². The summed E-state index contributed by atoms with van der Waals surface area (Å²) in [7, 11) is 1.32. The zero-order valence-corrected chi connectivity index (χ0v) is 10.6. The maximum atomic E-state index is 11.6. The standard InChI is InChI=1S/C13H18N2O3/c1-3-4-11(14)12(16)15-10-7-5-9(6-8-10)13(17)18-2/h5-8,11H,3-4,14H2,1-2H3,(H,15,16)/t11-/m0/s1. The van der Waals surface area contributed by atoms with Crippen LogP contribution in [0.4, 0.5) is 5.69 Å². The van der Waals surface area contributed by atoms with Crippen molar-refractivity contribution in [3.63, 3.8) is 0 Å². The maximum absolute atomic E-state index is 11.6. The Hall–Kier alpha value is -1.88. The molecule has 0 unspecified atom stereocenters. The highest BCUT2D eigenvalue weighted by molar-refractivity contribution is 5.95. The fourth-order valence-electron chi connectivity index (χ4n) is 1.48. The van der Waals surface area contributed by atoms with Crippen LogP contribution in [0.25, 0.3) is 0 Å². The van der Waals surface area contributed by atoms with E-state index in [0.29, 0.717) is 17.7 Å². The highest BCUT2D eigenvalue weighted by atomic mass is 16.5. The van der Waals surface area contributed by atoms with Crippen molar-refractivity contribution in [2.45, 2.75) is 25.8 Å². The lowest BCUT2D eigenvalue weighted by Crippen LogP contribution is -2.35. The number of methoxy groups -OCH3 is 1. The molecule has 1 rings (SSSR count). The van der Waals surface area contributed by atoms with E-state index in [-0.39, 0.29) is 5.91 Å². The van der Waals surface area contributed by atoms with Gasteiger partial charge in [-0.1, -0.05) is 13.3 Å². The summed E-state index contributed by atoms with van der Waals surface area (Å²) in [6, 6.07) is 5.96. The third kappa shape index (κ3) is 3.85. The van der Waals surface area contributed by atoms with Gasteiger partial charge in [0.2, 0.25) is 5.91 Å². The van der Waals surface area contributed by atoms with Crippen molar-refractivity contribution in [3.05, 3.63) is 29.8 Å². The lowest BCUT2D eigenvalue weighted by molar-refractivity contribution is -0.117. The van der Waals surface area contributed by atoms with Gasteiger partial charge in [0.05, 0.1) is 18.7 Å². The van der Waals surface area contributed by atoms with Gasteiger partial charge in [0, 0.05) is 5.69 Å². The summed E-state index contributed by atoms with van der Waals surface area (Å²) in [5.41, 5.74) is 6.74. The first-order chi connectivity index (χ1) is 8.58. The molecule has 5 nitrogen and oxygen atoms in total. The molecule has 0 aliphatic rings. The van der Waals surface area contributed by atoms with Crippen molar-refractivity contribution >= 4 is 17.6 Å². The highest BCUT2D eigenvalue weighted by Crippen LogP contribution is 2.11. The quantitative estimate of drug-likeness (QED) is 0.777. The lowest BCUT2D eigenvalue weighted by atomic mass is 10.1. The third-order valence-electron chi connectivity index (χ3n) is 2.51. The number of rotatable bonds is 5. The Bertz CT molecular complexity index is 415. The van der Waals surface area contributed by atoms with Crippen molar-refractivity contribution in [3.8, 4) is 0 Å². The second kappa shape index (κ2) is 6.76. The van der Waals surface area contributed by atoms with Crippen LogP contribution in [0, 0.1) is 0 Å². The molecule has 0 radical (unpaired) electrons. The Morgan fingerprint density at radius 2 is 1.94 bits per heavy atom. The van der Waals surface area contributed by atoms with Crippen LogP contribution < -0.4 is 11.1 Å². The molecular weight excluding hydrogens is 232 g/mol. The molecule has 98 valence electrons. The first kappa shape index (κ1) is 14.2. The summed E-state index contributed by atoms with van der Waals surface area (Å²) in [5, 5.41) is 2.69. The molecule has 0 bridgehead atoms. The van der Waals surface area contributed by atoms with Crippen LogP contribution in [0.5, 0.6) is 0 Å². The van der Waals surface area contributed by atoms with Crippen LogP contribution in [0.2, 0.25) is 0 Å². The Morgan fingerprint density at radius 3 is 2.44 bits per heavy atom. The van der Waals surface area contributed by atoms with Gasteiger partial charge >= 0.3 is 5.97 Å². The molecule has 0 aliphatic heterocycles. The zero-order valence-electron chi connectivity index (χ0n) is 10.6. The van der Waals surface area contributed by atoms with Gasteiger partial charge in [-0.15, -0.1) is 0 Å². The van der Waals surface area contributed by atoms with Crippen molar-refractivity contribution in [2.75, 3.05) is 12.4 Å². The molecule has 0 heterocycles. The second-order valence-electron chi connectivity index (χ2n) is 3.95. The molecular formula is C13H18N2O3. The number of benzene rings is 1. The summed E-state index contributed by atoms with van der Waals surface area (Å²) in [6.07, 6.45) is 1.50. The number of amides is 1. The van der Waals surface area contributed by atoms with Gasteiger partial charge in [0.15, 0.2) is 0 Å². The molecule has 1 amide bonds. The van der Waals surface area contributed by atoms with Gasteiger partial charge in [-0.25, -0.2) is 4.79 Å². The Kier molecular flexibility index (Phi) is 5.32. The van der Waals surface area contributed by atoms with E-state index >= 15 is 0 Å². The Balaban J connectivity index is 2.63. The highest BCUT2D eigenvalue weighted by Gasteiger charge is 2.12. The average molecular weight is 250 g/mol. The monoisotopic (exact) mass is 250 g/mol. The first-order valence-electron chi connectivity index (χ1n) is 5.83. The smallest absolute Gasteiger partial charge is 0.337 e. The number of anilines is 1. The molecule has 0 spiro atoms. The van der Waals surface area contributed by atoms with E-state index < -0.39 is 12.0 Å². The van der Waals surface area contributed by atoms with E-state index in [1.165, 1.54) is 7.11 Å². The summed E-state index contributed by atoms with van der Waals surface area (Å²) < 4.78 is 4.58. The van der Waals surface area contributed by atoms with Crippen molar-refractivity contribution < 1.29 is 14.3 Å². The average Bonchev–Trinajstić information content (AvgIpc) is 2.39. The van der Waals surface area contributed by atoms with E-state index in [0.717, 1.165) is 6.42 Å². The number of carbonyl (C=O) groups excluding carboxylic acids is 2. The van der Waals surface area contributed by atoms with Gasteiger partial charge in [-0.05, 0) is 30.7 Å². The SMILES string of the molecule is CCC[C@H](N)C(=O)Nc1ccc(C(=O)OC)cc1. The number of nitrogens with one attached hydrogen (secondary N) is 1. The number of hydrogen-bond donors (Lipinski definition) is 2. The summed E-state index contributed by atoms with van der Waals surface area (Å²) in [6.45, 7) is 1.97. The minimum Gasteiger partial charge on any atom is -0.465 e. The van der Waals surface area contributed by atoms with Gasteiger partial charge < -0.3 is 15.8 Å². The number of hydrogen-bond acceptors (Lipinski definition) is 4. The van der Waals surface area contributed by atoms with E-state index in [1.54, 1.807) is 24.3 Å². The van der Waals surface area contributed by atoms with Crippen LogP contribution in [0.15, 0.2) is 24.3 Å². The predicted octanol–water partition coefficient (Wildman–Crippen LogP) is 1.54. The molecule has 0 aliphatic carbocycles. The van der Waals surface area contributed by atoms with Gasteiger partial charge in [0.25, 0.3) is 0 Å². The molecule has 0 aromatic heterocycles.